The molecule has 3 nitrogen and oxygen atoms in total. The fourth-order valence-electron chi connectivity index (χ4n) is 1.69. The van der Waals surface area contributed by atoms with Gasteiger partial charge in [0, 0.05) is 5.56 Å². The molecule has 1 aromatic carbocycles. The molecule has 0 aliphatic carbocycles. The lowest BCUT2D eigenvalue weighted by Gasteiger charge is -2.20. The molecule has 0 bridgehead atoms. The summed E-state index contributed by atoms with van der Waals surface area (Å²) in [6.45, 7) is 7.96. The van der Waals surface area contributed by atoms with Gasteiger partial charge in [0.2, 0.25) is 0 Å². The number of hydrogen-bond donors (Lipinski definition) is 2. The van der Waals surface area contributed by atoms with E-state index in [0.29, 0.717) is 5.56 Å². The normalized spacial score (nSPS) is 13.5. The molecular formula is C14H21NO2. The fraction of sp³-hybridized carbons (Fsp3) is 0.500. The number of rotatable bonds is 3. The zero-order chi connectivity index (χ0) is 13.2. The van der Waals surface area contributed by atoms with E-state index >= 15 is 0 Å². The summed E-state index contributed by atoms with van der Waals surface area (Å²) in [5.41, 5.74) is 8.29. The minimum Gasteiger partial charge on any atom is -0.394 e. The molecule has 3 heteroatoms. The van der Waals surface area contributed by atoms with Crippen molar-refractivity contribution in [3.05, 3.63) is 34.9 Å². The highest BCUT2D eigenvalue weighted by Crippen LogP contribution is 2.24. The zero-order valence-electron chi connectivity index (χ0n) is 10.9. The van der Waals surface area contributed by atoms with Crippen LogP contribution < -0.4 is 5.73 Å². The summed E-state index contributed by atoms with van der Waals surface area (Å²) < 4.78 is 0. The van der Waals surface area contributed by atoms with Crippen molar-refractivity contribution in [2.75, 3.05) is 6.61 Å². The first-order chi connectivity index (χ1) is 7.77. The Morgan fingerprint density at radius 1 is 1.41 bits per heavy atom. The Morgan fingerprint density at radius 2 is 2.00 bits per heavy atom. The average Bonchev–Trinajstić information content (AvgIpc) is 2.25. The van der Waals surface area contributed by atoms with Gasteiger partial charge in [-0.15, -0.1) is 0 Å². The zero-order valence-corrected chi connectivity index (χ0v) is 10.9. The Kier molecular flexibility index (Phi) is 4.07. The van der Waals surface area contributed by atoms with Gasteiger partial charge in [-0.05, 0) is 23.5 Å². The lowest BCUT2D eigenvalue weighted by molar-refractivity contribution is 0.0924. The van der Waals surface area contributed by atoms with Crippen molar-refractivity contribution in [1.82, 2.24) is 0 Å². The van der Waals surface area contributed by atoms with E-state index in [1.807, 2.05) is 19.1 Å². The third-order valence-electron chi connectivity index (χ3n) is 2.89. The molecule has 0 saturated carbocycles. The molecule has 17 heavy (non-hydrogen) atoms. The number of Topliss-reactive ketones (excluding diaryl/α,β-unsaturated/α-hetero) is 1. The topological polar surface area (TPSA) is 63.3 Å². The monoisotopic (exact) mass is 235 g/mol. The molecule has 1 aromatic rings. The molecule has 0 aromatic heterocycles. The van der Waals surface area contributed by atoms with Crippen LogP contribution in [0.15, 0.2) is 18.2 Å². The summed E-state index contributed by atoms with van der Waals surface area (Å²) in [7, 11) is 0. The second-order valence-electron chi connectivity index (χ2n) is 5.43. The van der Waals surface area contributed by atoms with Gasteiger partial charge < -0.3 is 10.8 Å². The van der Waals surface area contributed by atoms with Crippen molar-refractivity contribution in [3.8, 4) is 0 Å². The van der Waals surface area contributed by atoms with Gasteiger partial charge in [0.15, 0.2) is 5.78 Å². The van der Waals surface area contributed by atoms with Crippen LogP contribution in [0.5, 0.6) is 0 Å². The molecule has 1 rings (SSSR count). The van der Waals surface area contributed by atoms with Crippen LogP contribution in [-0.4, -0.2) is 23.5 Å². The highest BCUT2D eigenvalue weighted by Gasteiger charge is 2.19. The number of benzene rings is 1. The Morgan fingerprint density at radius 3 is 2.41 bits per heavy atom. The first-order valence-electron chi connectivity index (χ1n) is 5.79. The van der Waals surface area contributed by atoms with Gasteiger partial charge in [0.25, 0.3) is 0 Å². The number of hydrogen-bond acceptors (Lipinski definition) is 3. The van der Waals surface area contributed by atoms with Crippen LogP contribution in [0.2, 0.25) is 0 Å². The molecular weight excluding hydrogens is 214 g/mol. The molecule has 0 heterocycles. The number of ketones is 1. The molecule has 0 aliphatic rings. The molecule has 1 atom stereocenters. The smallest absolute Gasteiger partial charge is 0.182 e. The minimum absolute atomic E-state index is 0.0609. The quantitative estimate of drug-likeness (QED) is 0.785. The second kappa shape index (κ2) is 4.98. The maximum absolute atomic E-state index is 11.9. The third kappa shape index (κ3) is 3.14. The summed E-state index contributed by atoms with van der Waals surface area (Å²) in [6.07, 6.45) is 0. The number of aryl methyl sites for hydroxylation is 1. The van der Waals surface area contributed by atoms with E-state index in [0.717, 1.165) is 5.56 Å². The van der Waals surface area contributed by atoms with Gasteiger partial charge >= 0.3 is 0 Å². The van der Waals surface area contributed by atoms with Crippen molar-refractivity contribution in [1.29, 1.82) is 0 Å². The SMILES string of the molecule is Cc1cc(C(C)(C)C)ccc1C(=O)C(N)CO. The Balaban J connectivity index is 3.11. The van der Waals surface area contributed by atoms with Crippen molar-refractivity contribution in [2.24, 2.45) is 5.73 Å². The van der Waals surface area contributed by atoms with E-state index in [4.69, 9.17) is 10.8 Å². The van der Waals surface area contributed by atoms with Crippen molar-refractivity contribution < 1.29 is 9.90 Å². The number of aliphatic hydroxyl groups excluding tert-OH is 1. The predicted octanol–water partition coefficient (Wildman–Crippen LogP) is 1.79. The van der Waals surface area contributed by atoms with Crippen LogP contribution in [-0.2, 0) is 5.41 Å². The minimum atomic E-state index is -0.825. The molecule has 0 spiro atoms. The maximum Gasteiger partial charge on any atom is 0.182 e. The molecule has 0 aliphatic heterocycles. The highest BCUT2D eigenvalue weighted by molar-refractivity contribution is 6.01. The lowest BCUT2D eigenvalue weighted by atomic mass is 9.84. The van der Waals surface area contributed by atoms with Crippen LogP contribution in [0.3, 0.4) is 0 Å². The Bertz CT molecular complexity index is 419. The van der Waals surface area contributed by atoms with Gasteiger partial charge in [0.05, 0.1) is 12.6 Å². The average molecular weight is 235 g/mol. The Labute approximate surface area is 103 Å². The predicted molar refractivity (Wildman–Crippen MR) is 69.3 cm³/mol. The van der Waals surface area contributed by atoms with Gasteiger partial charge in [-0.1, -0.05) is 39.0 Å². The van der Waals surface area contributed by atoms with E-state index in [1.54, 1.807) is 6.07 Å². The molecule has 0 fully saturated rings. The third-order valence-corrected chi connectivity index (χ3v) is 2.89. The van der Waals surface area contributed by atoms with Gasteiger partial charge in [-0.3, -0.25) is 4.79 Å². The van der Waals surface area contributed by atoms with Gasteiger partial charge in [-0.25, -0.2) is 0 Å². The maximum atomic E-state index is 11.9. The van der Waals surface area contributed by atoms with Crippen LogP contribution in [0, 0.1) is 6.92 Å². The molecule has 0 amide bonds. The van der Waals surface area contributed by atoms with Crippen molar-refractivity contribution >= 4 is 5.78 Å². The van der Waals surface area contributed by atoms with Crippen LogP contribution in [0.1, 0.15) is 42.3 Å². The molecule has 0 radical (unpaired) electrons. The van der Waals surface area contributed by atoms with Gasteiger partial charge in [0.1, 0.15) is 0 Å². The summed E-state index contributed by atoms with van der Waals surface area (Å²) in [5, 5.41) is 8.90. The fourth-order valence-corrected chi connectivity index (χ4v) is 1.69. The molecule has 0 saturated heterocycles. The molecule has 1 unspecified atom stereocenters. The Hall–Kier alpha value is -1.19. The number of carbonyl (C=O) groups is 1. The van der Waals surface area contributed by atoms with Gasteiger partial charge in [-0.2, -0.15) is 0 Å². The first-order valence-corrected chi connectivity index (χ1v) is 5.79. The van der Waals surface area contributed by atoms with E-state index in [1.165, 1.54) is 5.56 Å². The van der Waals surface area contributed by atoms with E-state index in [9.17, 15) is 4.79 Å². The lowest BCUT2D eigenvalue weighted by Crippen LogP contribution is -2.34. The van der Waals surface area contributed by atoms with E-state index in [2.05, 4.69) is 20.8 Å². The first kappa shape index (κ1) is 13.9. The molecule has 3 N–H and O–H groups in total. The summed E-state index contributed by atoms with van der Waals surface area (Å²) >= 11 is 0. The number of nitrogens with two attached hydrogens (primary N) is 1. The largest absolute Gasteiger partial charge is 0.394 e. The van der Waals surface area contributed by atoms with Crippen LogP contribution >= 0.6 is 0 Å². The second-order valence-corrected chi connectivity index (χ2v) is 5.43. The van der Waals surface area contributed by atoms with E-state index < -0.39 is 6.04 Å². The van der Waals surface area contributed by atoms with Crippen LogP contribution in [0.25, 0.3) is 0 Å². The van der Waals surface area contributed by atoms with Crippen molar-refractivity contribution in [2.45, 2.75) is 39.2 Å². The standard InChI is InChI=1S/C14H21NO2/c1-9-7-10(14(2,3)4)5-6-11(9)13(17)12(15)8-16/h5-7,12,16H,8,15H2,1-4H3. The summed E-state index contributed by atoms with van der Waals surface area (Å²) in [6, 6.07) is 4.93. The van der Waals surface area contributed by atoms with E-state index in [-0.39, 0.29) is 17.8 Å². The van der Waals surface area contributed by atoms with Crippen molar-refractivity contribution in [3.63, 3.8) is 0 Å². The summed E-state index contributed by atoms with van der Waals surface area (Å²) in [4.78, 5) is 11.9. The van der Waals surface area contributed by atoms with Crippen LogP contribution in [0.4, 0.5) is 0 Å². The number of carbonyl (C=O) groups excluding carboxylic acids is 1. The molecule has 94 valence electrons. The number of aliphatic hydroxyl groups is 1. The highest BCUT2D eigenvalue weighted by atomic mass is 16.3. The summed E-state index contributed by atoms with van der Waals surface area (Å²) in [5.74, 6) is -0.203.